The van der Waals surface area contributed by atoms with E-state index < -0.39 is 24.2 Å². The Hall–Kier alpha value is -2.08. The molecule has 0 radical (unpaired) electrons. The number of carbonyl (C=O) groups excluding carboxylic acids is 2. The van der Waals surface area contributed by atoms with Gasteiger partial charge in [0, 0.05) is 0 Å². The molecule has 0 saturated carbocycles. The normalized spacial score (nSPS) is 13.2. The van der Waals surface area contributed by atoms with E-state index >= 15 is 0 Å². The second-order valence-electron chi connectivity index (χ2n) is 3.95. The Morgan fingerprint density at radius 2 is 1.75 bits per heavy atom. The molecule has 1 aromatic carbocycles. The van der Waals surface area contributed by atoms with Gasteiger partial charge < -0.3 is 19.9 Å². The molecule has 20 heavy (non-hydrogen) atoms. The number of ether oxygens (including phenoxy) is 2. The maximum Gasteiger partial charge on any atom is 0.407 e. The largest absolute Gasteiger partial charge is 0.464 e. The van der Waals surface area contributed by atoms with E-state index in [9.17, 15) is 14.7 Å². The molecule has 1 aromatic rings. The van der Waals surface area contributed by atoms with Gasteiger partial charge in [-0.1, -0.05) is 30.3 Å². The predicted octanol–water partition coefficient (Wildman–Crippen LogP) is 1.40. The number of amides is 1. The molecule has 0 aliphatic heterocycles. The maximum absolute atomic E-state index is 11.8. The highest BCUT2D eigenvalue weighted by Crippen LogP contribution is 2.17. The summed E-state index contributed by atoms with van der Waals surface area (Å²) in [6, 6.07) is 7.34. The zero-order valence-electron chi connectivity index (χ0n) is 11.5. The lowest BCUT2D eigenvalue weighted by atomic mass is 10.0. The Morgan fingerprint density at radius 3 is 2.30 bits per heavy atom. The Bertz CT molecular complexity index is 434. The molecule has 2 N–H and O–H groups in total. The fourth-order valence-corrected chi connectivity index (χ4v) is 1.64. The number of esters is 1. The van der Waals surface area contributed by atoms with Crippen LogP contribution in [0.2, 0.25) is 0 Å². The van der Waals surface area contributed by atoms with Crippen LogP contribution in [0.4, 0.5) is 4.79 Å². The van der Waals surface area contributed by atoms with Gasteiger partial charge in [-0.25, -0.2) is 9.59 Å². The first kappa shape index (κ1) is 16.0. The zero-order valence-corrected chi connectivity index (χ0v) is 11.5. The van der Waals surface area contributed by atoms with Crippen molar-refractivity contribution in [3.63, 3.8) is 0 Å². The maximum atomic E-state index is 11.8. The van der Waals surface area contributed by atoms with Crippen LogP contribution < -0.4 is 5.32 Å². The molecular formula is C14H19NO5. The SMILES string of the molecule is CCOC(=O)NC(C(=O)OCC)C(O)c1ccccc1. The van der Waals surface area contributed by atoms with Crippen molar-refractivity contribution in [1.29, 1.82) is 0 Å². The van der Waals surface area contributed by atoms with Crippen LogP contribution in [0, 0.1) is 0 Å². The average molecular weight is 281 g/mol. The van der Waals surface area contributed by atoms with Crippen LogP contribution in [0.25, 0.3) is 0 Å². The van der Waals surface area contributed by atoms with Gasteiger partial charge in [-0.2, -0.15) is 0 Å². The van der Waals surface area contributed by atoms with Gasteiger partial charge >= 0.3 is 12.1 Å². The molecule has 0 fully saturated rings. The van der Waals surface area contributed by atoms with Gasteiger partial charge in [0.25, 0.3) is 0 Å². The van der Waals surface area contributed by atoms with Crippen LogP contribution in [-0.4, -0.2) is 36.4 Å². The van der Waals surface area contributed by atoms with Crippen molar-refractivity contribution in [2.24, 2.45) is 0 Å². The Balaban J connectivity index is 2.86. The quantitative estimate of drug-likeness (QED) is 0.770. The predicted molar refractivity (Wildman–Crippen MR) is 72.0 cm³/mol. The highest BCUT2D eigenvalue weighted by molar-refractivity contribution is 5.82. The Morgan fingerprint density at radius 1 is 1.15 bits per heavy atom. The van der Waals surface area contributed by atoms with Crippen LogP contribution in [-0.2, 0) is 14.3 Å². The van der Waals surface area contributed by atoms with Crippen molar-refractivity contribution in [3.05, 3.63) is 35.9 Å². The number of alkyl carbamates (subject to hydrolysis) is 1. The molecule has 6 nitrogen and oxygen atoms in total. The molecule has 0 aliphatic rings. The summed E-state index contributed by atoms with van der Waals surface area (Å²) in [7, 11) is 0. The van der Waals surface area contributed by atoms with E-state index in [1.165, 1.54) is 0 Å². The van der Waals surface area contributed by atoms with Crippen molar-refractivity contribution >= 4 is 12.1 Å². The first-order valence-electron chi connectivity index (χ1n) is 6.43. The lowest BCUT2D eigenvalue weighted by molar-refractivity contribution is -0.148. The van der Waals surface area contributed by atoms with Crippen LogP contribution >= 0.6 is 0 Å². The highest BCUT2D eigenvalue weighted by atomic mass is 16.6. The summed E-state index contributed by atoms with van der Waals surface area (Å²) in [4.78, 5) is 23.3. The van der Waals surface area contributed by atoms with Gasteiger partial charge in [0.05, 0.1) is 13.2 Å². The molecule has 2 atom stereocenters. The van der Waals surface area contributed by atoms with Gasteiger partial charge in [-0.3, -0.25) is 0 Å². The average Bonchev–Trinajstić information content (AvgIpc) is 2.45. The molecule has 0 bridgehead atoms. The van der Waals surface area contributed by atoms with E-state index in [-0.39, 0.29) is 13.2 Å². The van der Waals surface area contributed by atoms with Crippen LogP contribution in [0.15, 0.2) is 30.3 Å². The van der Waals surface area contributed by atoms with E-state index in [1.807, 2.05) is 0 Å². The topological polar surface area (TPSA) is 84.9 Å². The number of carbonyl (C=O) groups is 2. The smallest absolute Gasteiger partial charge is 0.407 e. The fraction of sp³-hybridized carbons (Fsp3) is 0.429. The molecule has 0 saturated heterocycles. The fourth-order valence-electron chi connectivity index (χ4n) is 1.64. The summed E-state index contributed by atoms with van der Waals surface area (Å²) in [5, 5.41) is 12.5. The minimum absolute atomic E-state index is 0.154. The monoisotopic (exact) mass is 281 g/mol. The van der Waals surface area contributed by atoms with Crippen molar-refractivity contribution in [1.82, 2.24) is 5.32 Å². The molecule has 0 aliphatic carbocycles. The molecule has 6 heteroatoms. The van der Waals surface area contributed by atoms with Crippen molar-refractivity contribution in [3.8, 4) is 0 Å². The first-order valence-corrected chi connectivity index (χ1v) is 6.43. The number of hydrogen-bond donors (Lipinski definition) is 2. The van der Waals surface area contributed by atoms with Gasteiger partial charge in [0.1, 0.15) is 6.10 Å². The van der Waals surface area contributed by atoms with Crippen LogP contribution in [0.3, 0.4) is 0 Å². The Kier molecular flexibility index (Phi) is 6.52. The lowest BCUT2D eigenvalue weighted by Crippen LogP contribution is -2.46. The molecule has 0 heterocycles. The van der Waals surface area contributed by atoms with E-state index in [1.54, 1.807) is 44.2 Å². The van der Waals surface area contributed by atoms with E-state index in [2.05, 4.69) is 5.32 Å². The third-order valence-corrected chi connectivity index (χ3v) is 2.55. The standard InChI is InChI=1S/C14H19NO5/c1-3-19-13(17)11(15-14(18)20-4-2)12(16)10-8-6-5-7-9-10/h5-9,11-12,16H,3-4H2,1-2H3,(H,15,18). The summed E-state index contributed by atoms with van der Waals surface area (Å²) < 4.78 is 9.57. The number of nitrogens with one attached hydrogen (secondary N) is 1. The number of aliphatic hydroxyl groups is 1. The number of benzene rings is 1. The third kappa shape index (κ3) is 4.55. The number of hydrogen-bond acceptors (Lipinski definition) is 5. The summed E-state index contributed by atoms with van der Waals surface area (Å²) in [5.74, 6) is -0.711. The number of rotatable bonds is 6. The van der Waals surface area contributed by atoms with E-state index in [0.29, 0.717) is 5.56 Å². The highest BCUT2D eigenvalue weighted by Gasteiger charge is 2.31. The molecule has 1 rings (SSSR count). The van der Waals surface area contributed by atoms with Crippen LogP contribution in [0.1, 0.15) is 25.5 Å². The van der Waals surface area contributed by atoms with Gasteiger partial charge in [-0.05, 0) is 19.4 Å². The minimum Gasteiger partial charge on any atom is -0.464 e. The molecule has 110 valence electrons. The number of aliphatic hydroxyl groups excluding tert-OH is 1. The summed E-state index contributed by atoms with van der Waals surface area (Å²) in [5.41, 5.74) is 0.502. The molecular weight excluding hydrogens is 262 g/mol. The van der Waals surface area contributed by atoms with Gasteiger partial charge in [-0.15, -0.1) is 0 Å². The Labute approximate surface area is 117 Å². The second-order valence-corrected chi connectivity index (χ2v) is 3.95. The first-order chi connectivity index (χ1) is 9.60. The van der Waals surface area contributed by atoms with Crippen LogP contribution in [0.5, 0.6) is 0 Å². The van der Waals surface area contributed by atoms with Crippen molar-refractivity contribution in [2.45, 2.75) is 26.0 Å². The van der Waals surface area contributed by atoms with E-state index in [4.69, 9.17) is 9.47 Å². The van der Waals surface area contributed by atoms with Crippen molar-refractivity contribution < 1.29 is 24.2 Å². The summed E-state index contributed by atoms with van der Waals surface area (Å²) in [6.07, 6.45) is -1.99. The van der Waals surface area contributed by atoms with Crippen molar-refractivity contribution in [2.75, 3.05) is 13.2 Å². The lowest BCUT2D eigenvalue weighted by Gasteiger charge is -2.22. The second kappa shape index (κ2) is 8.16. The summed E-state index contributed by atoms with van der Waals surface area (Å²) >= 11 is 0. The molecule has 1 amide bonds. The third-order valence-electron chi connectivity index (χ3n) is 2.55. The van der Waals surface area contributed by atoms with Gasteiger partial charge in [0.15, 0.2) is 6.04 Å². The molecule has 0 spiro atoms. The van der Waals surface area contributed by atoms with Gasteiger partial charge in [0.2, 0.25) is 0 Å². The zero-order chi connectivity index (χ0) is 15.0. The molecule has 2 unspecified atom stereocenters. The van der Waals surface area contributed by atoms with E-state index in [0.717, 1.165) is 0 Å². The molecule has 0 aromatic heterocycles. The summed E-state index contributed by atoms with van der Waals surface area (Å²) in [6.45, 7) is 3.62. The minimum atomic E-state index is -1.21.